The number of anilines is 1. The molecule has 0 unspecified atom stereocenters. The van der Waals surface area contributed by atoms with Gasteiger partial charge in [-0.15, -0.1) is 11.3 Å². The first-order chi connectivity index (χ1) is 7.74. The van der Waals surface area contributed by atoms with Crippen LogP contribution in [0.4, 0.5) is 5.69 Å². The molecule has 0 aliphatic heterocycles. The van der Waals surface area contributed by atoms with Gasteiger partial charge in [-0.25, -0.2) is 0 Å². The van der Waals surface area contributed by atoms with Gasteiger partial charge in [0.25, 0.3) is 0 Å². The van der Waals surface area contributed by atoms with E-state index in [9.17, 15) is 9.90 Å². The number of hydrogen-bond donors (Lipinski definition) is 1. The smallest absolute Gasteiger partial charge is 0.229 e. The highest BCUT2D eigenvalue weighted by Gasteiger charge is 2.04. The van der Waals surface area contributed by atoms with Crippen LogP contribution in [0.3, 0.4) is 0 Å². The van der Waals surface area contributed by atoms with E-state index in [2.05, 4.69) is 5.32 Å². The van der Waals surface area contributed by atoms with Gasteiger partial charge in [-0.05, 0) is 35.7 Å². The van der Waals surface area contributed by atoms with Crippen molar-refractivity contribution in [3.05, 3.63) is 46.7 Å². The van der Waals surface area contributed by atoms with Crippen LogP contribution < -0.4 is 5.32 Å². The second kappa shape index (κ2) is 4.81. The third kappa shape index (κ3) is 2.84. The number of benzene rings is 1. The van der Waals surface area contributed by atoms with Gasteiger partial charge in [0.15, 0.2) is 5.75 Å². The molecule has 81 valence electrons. The zero-order chi connectivity index (χ0) is 11.4. The molecule has 3 nitrogen and oxygen atoms in total. The van der Waals surface area contributed by atoms with E-state index < -0.39 is 0 Å². The molecule has 0 aliphatic carbocycles. The van der Waals surface area contributed by atoms with Gasteiger partial charge in [-0.1, -0.05) is 6.07 Å². The number of carbonyl (C=O) groups is 1. The highest BCUT2D eigenvalue weighted by molar-refractivity contribution is 7.10. The maximum Gasteiger partial charge on any atom is 0.229 e. The van der Waals surface area contributed by atoms with Crippen LogP contribution in [0, 0.1) is 0 Å². The minimum Gasteiger partial charge on any atom is -0.326 e. The molecule has 16 heavy (non-hydrogen) atoms. The molecule has 1 heterocycles. The van der Waals surface area contributed by atoms with Crippen molar-refractivity contribution < 1.29 is 9.90 Å². The number of rotatable bonds is 3. The summed E-state index contributed by atoms with van der Waals surface area (Å²) in [6.45, 7) is 0. The van der Waals surface area contributed by atoms with Crippen molar-refractivity contribution in [3.63, 3.8) is 0 Å². The first-order valence-electron chi connectivity index (χ1n) is 4.83. The Morgan fingerprint density at radius 3 is 2.56 bits per heavy atom. The summed E-state index contributed by atoms with van der Waals surface area (Å²) < 4.78 is 0. The minimum absolute atomic E-state index is 0.0590. The van der Waals surface area contributed by atoms with E-state index in [1.807, 2.05) is 17.5 Å². The topological polar surface area (TPSA) is 49.0 Å². The molecule has 1 radical (unpaired) electrons. The molecule has 0 saturated heterocycles. The van der Waals surface area contributed by atoms with Gasteiger partial charge < -0.3 is 5.32 Å². The van der Waals surface area contributed by atoms with E-state index in [4.69, 9.17) is 0 Å². The van der Waals surface area contributed by atoms with Crippen molar-refractivity contribution in [2.45, 2.75) is 6.42 Å². The molecule has 0 atom stereocenters. The van der Waals surface area contributed by atoms with Crippen molar-refractivity contribution in [3.8, 4) is 5.75 Å². The summed E-state index contributed by atoms with van der Waals surface area (Å²) in [6.07, 6.45) is 0.372. The Hall–Kier alpha value is -1.81. The summed E-state index contributed by atoms with van der Waals surface area (Å²) in [5, 5.41) is 15.5. The molecule has 0 saturated carbocycles. The number of nitrogens with one attached hydrogen (secondary N) is 1. The SMILES string of the molecule is [O]c1ccc(NC(=O)Cc2cccs2)cc1. The molecule has 0 fully saturated rings. The Labute approximate surface area is 97.4 Å². The molecule has 0 bridgehead atoms. The number of thiophene rings is 1. The zero-order valence-corrected chi connectivity index (χ0v) is 9.29. The Kier molecular flexibility index (Phi) is 3.22. The lowest BCUT2D eigenvalue weighted by molar-refractivity contribution is -0.115. The lowest BCUT2D eigenvalue weighted by Gasteiger charge is -2.03. The minimum atomic E-state index is -0.0684. The maximum absolute atomic E-state index is 11.6. The van der Waals surface area contributed by atoms with E-state index in [0.717, 1.165) is 4.88 Å². The first-order valence-corrected chi connectivity index (χ1v) is 5.71. The van der Waals surface area contributed by atoms with Gasteiger partial charge in [0, 0.05) is 10.6 Å². The van der Waals surface area contributed by atoms with Gasteiger partial charge in [0.2, 0.25) is 5.91 Å². The quantitative estimate of drug-likeness (QED) is 0.868. The summed E-state index contributed by atoms with van der Waals surface area (Å²) in [4.78, 5) is 12.6. The number of hydrogen-bond acceptors (Lipinski definition) is 2. The number of carbonyl (C=O) groups excluding carboxylic acids is 1. The van der Waals surface area contributed by atoms with Crippen LogP contribution in [0.1, 0.15) is 4.88 Å². The summed E-state index contributed by atoms with van der Waals surface area (Å²) in [5.41, 5.74) is 0.654. The van der Waals surface area contributed by atoms with Crippen molar-refractivity contribution >= 4 is 22.9 Å². The second-order valence-electron chi connectivity index (χ2n) is 3.33. The predicted molar refractivity (Wildman–Crippen MR) is 63.2 cm³/mol. The zero-order valence-electron chi connectivity index (χ0n) is 8.47. The molecule has 1 amide bonds. The van der Waals surface area contributed by atoms with E-state index in [1.165, 1.54) is 12.1 Å². The molecule has 1 aromatic carbocycles. The normalized spacial score (nSPS) is 10.0. The largest absolute Gasteiger partial charge is 0.326 e. The van der Waals surface area contributed by atoms with Crippen molar-refractivity contribution in [1.82, 2.24) is 0 Å². The average Bonchev–Trinajstić information content (AvgIpc) is 2.74. The monoisotopic (exact) mass is 232 g/mol. The van der Waals surface area contributed by atoms with Crippen LogP contribution in [-0.4, -0.2) is 5.91 Å². The maximum atomic E-state index is 11.6. The molecule has 2 rings (SSSR count). The highest BCUT2D eigenvalue weighted by Crippen LogP contribution is 2.15. The van der Waals surface area contributed by atoms with Crippen molar-refractivity contribution in [2.24, 2.45) is 0 Å². The van der Waals surface area contributed by atoms with Gasteiger partial charge >= 0.3 is 0 Å². The second-order valence-corrected chi connectivity index (χ2v) is 4.36. The Morgan fingerprint density at radius 1 is 1.19 bits per heavy atom. The molecule has 1 aromatic heterocycles. The highest BCUT2D eigenvalue weighted by atomic mass is 32.1. The van der Waals surface area contributed by atoms with Crippen molar-refractivity contribution in [2.75, 3.05) is 5.32 Å². The van der Waals surface area contributed by atoms with E-state index in [1.54, 1.807) is 23.5 Å². The number of amides is 1. The van der Waals surface area contributed by atoms with Crippen LogP contribution in [-0.2, 0) is 16.3 Å². The van der Waals surface area contributed by atoms with Crippen LogP contribution in [0.15, 0.2) is 41.8 Å². The fraction of sp³-hybridized carbons (Fsp3) is 0.0833. The van der Waals surface area contributed by atoms with E-state index in [-0.39, 0.29) is 11.7 Å². The fourth-order valence-electron chi connectivity index (χ4n) is 1.31. The molecular weight excluding hydrogens is 222 g/mol. The Bertz CT molecular complexity index is 462. The summed E-state index contributed by atoms with van der Waals surface area (Å²) in [7, 11) is 0. The van der Waals surface area contributed by atoms with E-state index >= 15 is 0 Å². The van der Waals surface area contributed by atoms with Crippen LogP contribution in [0.25, 0.3) is 0 Å². The van der Waals surface area contributed by atoms with Gasteiger partial charge in [-0.2, -0.15) is 0 Å². The third-order valence-corrected chi connectivity index (χ3v) is 2.93. The van der Waals surface area contributed by atoms with Gasteiger partial charge in [-0.3, -0.25) is 9.90 Å². The molecular formula is C12H10NO2S. The first kappa shape index (κ1) is 10.7. The van der Waals surface area contributed by atoms with Gasteiger partial charge in [0.05, 0.1) is 6.42 Å². The Balaban J connectivity index is 1.95. The van der Waals surface area contributed by atoms with Crippen LogP contribution in [0.5, 0.6) is 5.75 Å². The average molecular weight is 232 g/mol. The summed E-state index contributed by atoms with van der Waals surface area (Å²) >= 11 is 1.55. The fourth-order valence-corrected chi connectivity index (χ4v) is 2.02. The Morgan fingerprint density at radius 2 is 1.94 bits per heavy atom. The van der Waals surface area contributed by atoms with E-state index in [0.29, 0.717) is 12.1 Å². The summed E-state index contributed by atoms with van der Waals surface area (Å²) in [6, 6.07) is 9.91. The molecule has 4 heteroatoms. The van der Waals surface area contributed by atoms with Crippen LogP contribution >= 0.6 is 11.3 Å². The lowest BCUT2D eigenvalue weighted by atomic mass is 10.3. The van der Waals surface area contributed by atoms with Gasteiger partial charge in [0.1, 0.15) is 0 Å². The predicted octanol–water partition coefficient (Wildman–Crippen LogP) is 3.07. The summed E-state index contributed by atoms with van der Waals surface area (Å²) in [5.74, 6) is -0.127. The third-order valence-electron chi connectivity index (χ3n) is 2.05. The van der Waals surface area contributed by atoms with Crippen LogP contribution in [0.2, 0.25) is 0 Å². The lowest BCUT2D eigenvalue weighted by Crippen LogP contribution is -2.13. The molecule has 1 N–H and O–H groups in total. The molecule has 0 aliphatic rings. The van der Waals surface area contributed by atoms with Crippen molar-refractivity contribution in [1.29, 1.82) is 0 Å². The standard InChI is InChI=1S/C12H10NO2S/c14-10-5-3-9(4-6-10)13-12(15)8-11-2-1-7-16-11/h1-7H,8H2,(H,13,15). The molecule has 0 spiro atoms. The molecule has 2 aromatic rings.